The van der Waals surface area contributed by atoms with Crippen LogP contribution in [0.5, 0.6) is 5.75 Å². The van der Waals surface area contributed by atoms with Gasteiger partial charge in [0.1, 0.15) is 23.1 Å². The molecule has 0 aliphatic heterocycles. The van der Waals surface area contributed by atoms with Crippen LogP contribution in [-0.2, 0) is 4.79 Å². The Balaban J connectivity index is 2.13. The van der Waals surface area contributed by atoms with Crippen molar-refractivity contribution >= 4 is 11.6 Å². The van der Waals surface area contributed by atoms with Gasteiger partial charge in [0.05, 0.1) is 0 Å². The molecule has 1 amide bonds. The molecule has 1 N–H and O–H groups in total. The second kappa shape index (κ2) is 7.22. The maximum absolute atomic E-state index is 13.6. The average molecular weight is 319 g/mol. The van der Waals surface area contributed by atoms with E-state index < -0.39 is 29.3 Å². The van der Waals surface area contributed by atoms with Gasteiger partial charge in [-0.05, 0) is 55.7 Å². The van der Waals surface area contributed by atoms with Crippen LogP contribution in [0, 0.1) is 25.5 Å². The van der Waals surface area contributed by atoms with E-state index in [4.69, 9.17) is 4.74 Å². The number of hydrogen-bond acceptors (Lipinski definition) is 2. The first kappa shape index (κ1) is 16.9. The van der Waals surface area contributed by atoms with E-state index in [1.54, 1.807) is 13.0 Å². The summed E-state index contributed by atoms with van der Waals surface area (Å²) >= 11 is 0. The van der Waals surface area contributed by atoms with E-state index in [9.17, 15) is 13.6 Å². The van der Waals surface area contributed by atoms with Crippen molar-refractivity contribution in [2.24, 2.45) is 0 Å². The summed E-state index contributed by atoms with van der Waals surface area (Å²) in [4.78, 5) is 12.2. The lowest BCUT2D eigenvalue weighted by molar-refractivity contribution is -0.122. The Labute approximate surface area is 134 Å². The number of benzene rings is 2. The number of anilines is 1. The molecule has 2 aromatic rings. The van der Waals surface area contributed by atoms with Gasteiger partial charge in [-0.15, -0.1) is 0 Å². The molecule has 3 nitrogen and oxygen atoms in total. The maximum atomic E-state index is 13.6. The van der Waals surface area contributed by atoms with Gasteiger partial charge in [0, 0.05) is 0 Å². The van der Waals surface area contributed by atoms with Crippen molar-refractivity contribution in [1.82, 2.24) is 0 Å². The van der Waals surface area contributed by atoms with Crippen molar-refractivity contribution in [3.63, 3.8) is 0 Å². The first-order chi connectivity index (χ1) is 10.9. The molecule has 0 aliphatic rings. The van der Waals surface area contributed by atoms with Crippen molar-refractivity contribution in [3.8, 4) is 5.75 Å². The van der Waals surface area contributed by atoms with Crippen LogP contribution >= 0.6 is 0 Å². The number of aryl methyl sites for hydroxylation is 2. The Hall–Kier alpha value is -2.43. The van der Waals surface area contributed by atoms with E-state index in [0.717, 1.165) is 23.3 Å². The van der Waals surface area contributed by atoms with Gasteiger partial charge in [0.15, 0.2) is 6.10 Å². The van der Waals surface area contributed by atoms with Crippen molar-refractivity contribution < 1.29 is 18.3 Å². The zero-order valence-corrected chi connectivity index (χ0v) is 13.3. The summed E-state index contributed by atoms with van der Waals surface area (Å²) in [7, 11) is 0. The van der Waals surface area contributed by atoms with Gasteiger partial charge in [0.25, 0.3) is 5.91 Å². The number of ether oxygens (including phenoxy) is 1. The number of nitrogens with one attached hydrogen (secondary N) is 1. The third-order valence-electron chi connectivity index (χ3n) is 3.63. The number of carbonyl (C=O) groups is 1. The second-order valence-electron chi connectivity index (χ2n) is 5.35. The molecule has 0 fully saturated rings. The Kier molecular flexibility index (Phi) is 5.32. The third kappa shape index (κ3) is 4.06. The fourth-order valence-electron chi connectivity index (χ4n) is 2.09. The Morgan fingerprint density at radius 2 is 1.78 bits per heavy atom. The highest BCUT2D eigenvalue weighted by atomic mass is 19.1. The minimum atomic E-state index is -0.837. The van der Waals surface area contributed by atoms with Gasteiger partial charge >= 0.3 is 0 Å². The SMILES string of the molecule is CCC(Oc1ccc(C)c(C)c1)C(=O)Nc1c(F)cccc1F. The molecule has 0 bridgehead atoms. The van der Waals surface area contributed by atoms with Gasteiger partial charge in [-0.2, -0.15) is 0 Å². The van der Waals surface area contributed by atoms with Gasteiger partial charge in [-0.3, -0.25) is 4.79 Å². The van der Waals surface area contributed by atoms with Crippen LogP contribution in [0.4, 0.5) is 14.5 Å². The number of carbonyl (C=O) groups excluding carboxylic acids is 1. The Bertz CT molecular complexity index is 696. The molecular weight excluding hydrogens is 300 g/mol. The van der Waals surface area contributed by atoms with E-state index >= 15 is 0 Å². The Morgan fingerprint density at radius 3 is 2.35 bits per heavy atom. The Morgan fingerprint density at radius 1 is 1.13 bits per heavy atom. The van der Waals surface area contributed by atoms with Crippen LogP contribution in [-0.4, -0.2) is 12.0 Å². The first-order valence-electron chi connectivity index (χ1n) is 7.41. The van der Waals surface area contributed by atoms with Crippen molar-refractivity contribution in [2.45, 2.75) is 33.3 Å². The average Bonchev–Trinajstić information content (AvgIpc) is 2.52. The lowest BCUT2D eigenvalue weighted by Crippen LogP contribution is -2.33. The molecule has 122 valence electrons. The summed E-state index contributed by atoms with van der Waals surface area (Å²) in [5.74, 6) is -1.68. The molecule has 1 atom stereocenters. The normalized spacial score (nSPS) is 11.9. The molecule has 23 heavy (non-hydrogen) atoms. The molecule has 0 saturated heterocycles. The number of para-hydroxylation sites is 1. The molecular formula is C18H19F2NO2. The molecule has 0 aliphatic carbocycles. The lowest BCUT2D eigenvalue weighted by atomic mass is 10.1. The molecule has 0 heterocycles. The highest BCUT2D eigenvalue weighted by Gasteiger charge is 2.21. The van der Waals surface area contributed by atoms with Gasteiger partial charge < -0.3 is 10.1 Å². The lowest BCUT2D eigenvalue weighted by Gasteiger charge is -2.18. The van der Waals surface area contributed by atoms with Crippen LogP contribution in [0.15, 0.2) is 36.4 Å². The number of rotatable bonds is 5. The molecule has 0 saturated carbocycles. The van der Waals surface area contributed by atoms with Crippen molar-refractivity contribution in [1.29, 1.82) is 0 Å². The summed E-state index contributed by atoms with van der Waals surface area (Å²) in [6.07, 6.45) is -0.467. The van der Waals surface area contributed by atoms with Crippen LogP contribution in [0.1, 0.15) is 24.5 Å². The summed E-state index contributed by atoms with van der Waals surface area (Å²) in [5.41, 5.74) is 1.70. The highest BCUT2D eigenvalue weighted by molar-refractivity contribution is 5.94. The van der Waals surface area contributed by atoms with E-state index in [2.05, 4.69) is 5.32 Å². The molecule has 2 rings (SSSR count). The smallest absolute Gasteiger partial charge is 0.265 e. The monoisotopic (exact) mass is 319 g/mol. The summed E-state index contributed by atoms with van der Waals surface area (Å²) in [6.45, 7) is 5.69. The highest BCUT2D eigenvalue weighted by Crippen LogP contribution is 2.21. The van der Waals surface area contributed by atoms with E-state index in [1.165, 1.54) is 6.07 Å². The number of halogens is 2. The largest absolute Gasteiger partial charge is 0.481 e. The zero-order chi connectivity index (χ0) is 17.0. The quantitative estimate of drug-likeness (QED) is 0.888. The fraction of sp³-hybridized carbons (Fsp3) is 0.278. The minimum Gasteiger partial charge on any atom is -0.481 e. The molecule has 2 aromatic carbocycles. The van der Waals surface area contributed by atoms with Crippen LogP contribution < -0.4 is 10.1 Å². The topological polar surface area (TPSA) is 38.3 Å². The fourth-order valence-corrected chi connectivity index (χ4v) is 2.09. The predicted octanol–water partition coefficient (Wildman–Crippen LogP) is 4.38. The van der Waals surface area contributed by atoms with Gasteiger partial charge in [-0.1, -0.05) is 19.1 Å². The van der Waals surface area contributed by atoms with Crippen molar-refractivity contribution in [2.75, 3.05) is 5.32 Å². The van der Waals surface area contributed by atoms with Crippen molar-refractivity contribution in [3.05, 3.63) is 59.2 Å². The first-order valence-corrected chi connectivity index (χ1v) is 7.41. The van der Waals surface area contributed by atoms with Crippen LogP contribution in [0.3, 0.4) is 0 Å². The molecule has 0 spiro atoms. The van der Waals surface area contributed by atoms with Crippen LogP contribution in [0.25, 0.3) is 0 Å². The number of hydrogen-bond donors (Lipinski definition) is 1. The minimum absolute atomic E-state index is 0.370. The zero-order valence-electron chi connectivity index (χ0n) is 13.3. The summed E-state index contributed by atoms with van der Waals surface area (Å²) in [5, 5.41) is 2.26. The summed E-state index contributed by atoms with van der Waals surface area (Å²) < 4.78 is 32.9. The maximum Gasteiger partial charge on any atom is 0.265 e. The van der Waals surface area contributed by atoms with E-state index in [-0.39, 0.29) is 0 Å². The standard InChI is InChI=1S/C18H19F2NO2/c1-4-16(23-13-9-8-11(2)12(3)10-13)18(22)21-17-14(19)6-5-7-15(17)20/h5-10,16H,4H2,1-3H3,(H,21,22). The molecule has 5 heteroatoms. The predicted molar refractivity (Wildman–Crippen MR) is 85.6 cm³/mol. The molecule has 0 aromatic heterocycles. The summed E-state index contributed by atoms with van der Waals surface area (Å²) in [6, 6.07) is 8.90. The number of amides is 1. The van der Waals surface area contributed by atoms with Gasteiger partial charge in [0.2, 0.25) is 0 Å². The van der Waals surface area contributed by atoms with E-state index in [0.29, 0.717) is 12.2 Å². The molecule has 0 radical (unpaired) electrons. The second-order valence-corrected chi connectivity index (χ2v) is 5.35. The van der Waals surface area contributed by atoms with Crippen LogP contribution in [0.2, 0.25) is 0 Å². The third-order valence-corrected chi connectivity index (χ3v) is 3.63. The van der Waals surface area contributed by atoms with E-state index in [1.807, 2.05) is 26.0 Å². The van der Waals surface area contributed by atoms with Gasteiger partial charge in [-0.25, -0.2) is 8.78 Å². The molecule has 1 unspecified atom stereocenters.